The van der Waals surface area contributed by atoms with E-state index in [2.05, 4.69) is 5.92 Å². The monoisotopic (exact) mass is 203 g/mol. The van der Waals surface area contributed by atoms with Crippen LogP contribution >= 0.6 is 0 Å². The summed E-state index contributed by atoms with van der Waals surface area (Å²) in [6.45, 7) is 0.282. The zero-order valence-corrected chi connectivity index (χ0v) is 8.40. The third-order valence-corrected chi connectivity index (χ3v) is 1.84. The summed E-state index contributed by atoms with van der Waals surface area (Å²) in [5.74, 6) is 2.13. The number of anilines is 1. The second-order valence-electron chi connectivity index (χ2n) is 3.09. The van der Waals surface area contributed by atoms with Crippen molar-refractivity contribution in [1.29, 1.82) is 0 Å². The van der Waals surface area contributed by atoms with Crippen LogP contribution < -0.4 is 5.73 Å². The highest BCUT2D eigenvalue weighted by molar-refractivity contribution is 5.72. The largest absolute Gasteiger partial charge is 0.464 e. The van der Waals surface area contributed by atoms with Gasteiger partial charge in [0, 0.05) is 12.1 Å². The first kappa shape index (κ1) is 11.1. The number of hydrogen-bond acceptors (Lipinski definition) is 3. The van der Waals surface area contributed by atoms with Crippen molar-refractivity contribution in [2.75, 3.05) is 12.3 Å². The summed E-state index contributed by atoms with van der Waals surface area (Å²) in [7, 11) is 0. The number of carbonyl (C=O) groups is 1. The van der Waals surface area contributed by atoms with Crippen molar-refractivity contribution in [1.82, 2.24) is 0 Å². The second kappa shape index (κ2) is 5.71. The molecule has 0 aliphatic heterocycles. The summed E-state index contributed by atoms with van der Waals surface area (Å²) in [5.41, 5.74) is 7.08. The van der Waals surface area contributed by atoms with E-state index in [1.165, 1.54) is 0 Å². The Morgan fingerprint density at radius 2 is 2.07 bits per heavy atom. The van der Waals surface area contributed by atoms with Gasteiger partial charge < -0.3 is 10.5 Å². The Kier molecular flexibility index (Phi) is 4.24. The smallest absolute Gasteiger partial charge is 0.310 e. The van der Waals surface area contributed by atoms with E-state index < -0.39 is 0 Å². The fraction of sp³-hybridized carbons (Fsp3) is 0.250. The Labute approximate surface area is 89.2 Å². The molecule has 0 spiro atoms. The van der Waals surface area contributed by atoms with E-state index >= 15 is 0 Å². The normalized spacial score (nSPS) is 9.27. The minimum absolute atomic E-state index is 0.255. The van der Waals surface area contributed by atoms with Gasteiger partial charge in [0.2, 0.25) is 0 Å². The summed E-state index contributed by atoms with van der Waals surface area (Å²) in [6, 6.07) is 7.11. The van der Waals surface area contributed by atoms with E-state index in [1.807, 2.05) is 0 Å². The first-order valence-corrected chi connectivity index (χ1v) is 4.66. The summed E-state index contributed by atoms with van der Waals surface area (Å²) in [4.78, 5) is 11.3. The van der Waals surface area contributed by atoms with E-state index in [0.29, 0.717) is 12.1 Å². The van der Waals surface area contributed by atoms with Gasteiger partial charge in [-0.1, -0.05) is 12.1 Å². The molecule has 0 amide bonds. The van der Waals surface area contributed by atoms with Crippen LogP contribution in [0.3, 0.4) is 0 Å². The molecule has 0 bridgehead atoms. The van der Waals surface area contributed by atoms with Gasteiger partial charge in [0.1, 0.15) is 6.61 Å². The first-order chi connectivity index (χ1) is 7.22. The van der Waals surface area contributed by atoms with Crippen molar-refractivity contribution in [3.05, 3.63) is 29.8 Å². The molecule has 0 saturated heterocycles. The van der Waals surface area contributed by atoms with Crippen LogP contribution in [0.4, 0.5) is 5.69 Å². The highest BCUT2D eigenvalue weighted by atomic mass is 16.5. The topological polar surface area (TPSA) is 52.3 Å². The zero-order valence-electron chi connectivity index (χ0n) is 8.40. The second-order valence-corrected chi connectivity index (χ2v) is 3.09. The number of esters is 1. The lowest BCUT2D eigenvalue weighted by atomic mass is 10.1. The number of nitrogens with two attached hydrogens (primary N) is 1. The number of carbonyl (C=O) groups excluding carboxylic acids is 1. The maximum absolute atomic E-state index is 11.3. The van der Waals surface area contributed by atoms with Crippen LogP contribution in [0.1, 0.15) is 12.0 Å². The van der Waals surface area contributed by atoms with E-state index in [4.69, 9.17) is 16.9 Å². The van der Waals surface area contributed by atoms with E-state index in [1.54, 1.807) is 24.3 Å². The molecule has 1 aromatic carbocycles. The van der Waals surface area contributed by atoms with Crippen LogP contribution in [0.25, 0.3) is 0 Å². The van der Waals surface area contributed by atoms with Gasteiger partial charge in [0.25, 0.3) is 0 Å². The van der Waals surface area contributed by atoms with Crippen LogP contribution in [0, 0.1) is 12.3 Å². The average molecular weight is 203 g/mol. The molecule has 0 unspecified atom stereocenters. The van der Waals surface area contributed by atoms with Crippen LogP contribution in [-0.2, 0) is 16.0 Å². The Hall–Kier alpha value is -1.95. The van der Waals surface area contributed by atoms with Gasteiger partial charge in [0.15, 0.2) is 0 Å². The minimum Gasteiger partial charge on any atom is -0.464 e. The van der Waals surface area contributed by atoms with Crippen molar-refractivity contribution >= 4 is 11.7 Å². The van der Waals surface area contributed by atoms with Gasteiger partial charge in [-0.25, -0.2) is 0 Å². The van der Waals surface area contributed by atoms with Crippen molar-refractivity contribution in [3.63, 3.8) is 0 Å². The Morgan fingerprint density at radius 1 is 1.40 bits per heavy atom. The lowest BCUT2D eigenvalue weighted by Gasteiger charge is -2.03. The molecule has 2 N–H and O–H groups in total. The molecule has 78 valence electrons. The van der Waals surface area contributed by atoms with Gasteiger partial charge in [-0.05, 0) is 17.7 Å². The number of ether oxygens (including phenoxy) is 1. The first-order valence-electron chi connectivity index (χ1n) is 4.66. The predicted molar refractivity (Wildman–Crippen MR) is 59.0 cm³/mol. The van der Waals surface area contributed by atoms with E-state index in [0.717, 1.165) is 5.56 Å². The number of nitrogen functional groups attached to an aromatic ring is 1. The average Bonchev–Trinajstić information content (AvgIpc) is 2.22. The van der Waals surface area contributed by atoms with Gasteiger partial charge in [-0.3, -0.25) is 4.79 Å². The SMILES string of the molecule is C#CCCOC(=O)Cc1ccc(N)cc1. The van der Waals surface area contributed by atoms with Crippen LogP contribution in [0.2, 0.25) is 0 Å². The maximum atomic E-state index is 11.3. The third kappa shape index (κ3) is 4.19. The van der Waals surface area contributed by atoms with Crippen molar-refractivity contribution < 1.29 is 9.53 Å². The van der Waals surface area contributed by atoms with Crippen molar-refractivity contribution in [3.8, 4) is 12.3 Å². The van der Waals surface area contributed by atoms with Gasteiger partial charge in [0.05, 0.1) is 6.42 Å². The lowest BCUT2D eigenvalue weighted by molar-refractivity contribution is -0.142. The summed E-state index contributed by atoms with van der Waals surface area (Å²) >= 11 is 0. The number of benzene rings is 1. The van der Waals surface area contributed by atoms with Gasteiger partial charge in [-0.15, -0.1) is 12.3 Å². The van der Waals surface area contributed by atoms with Crippen molar-refractivity contribution in [2.45, 2.75) is 12.8 Å². The lowest BCUT2D eigenvalue weighted by Crippen LogP contribution is -2.08. The highest BCUT2D eigenvalue weighted by Crippen LogP contribution is 2.06. The van der Waals surface area contributed by atoms with Crippen LogP contribution in [0.15, 0.2) is 24.3 Å². The molecule has 0 radical (unpaired) electrons. The van der Waals surface area contributed by atoms with Crippen molar-refractivity contribution in [2.24, 2.45) is 0 Å². The summed E-state index contributed by atoms with van der Waals surface area (Å²) in [5, 5.41) is 0. The Bertz CT molecular complexity index is 362. The quantitative estimate of drug-likeness (QED) is 0.348. The number of rotatable bonds is 4. The molecule has 3 heteroatoms. The molecule has 0 fully saturated rings. The minimum atomic E-state index is -0.268. The molecule has 15 heavy (non-hydrogen) atoms. The molecule has 0 aliphatic carbocycles. The van der Waals surface area contributed by atoms with E-state index in [-0.39, 0.29) is 19.0 Å². The Balaban J connectivity index is 2.38. The molecular weight excluding hydrogens is 190 g/mol. The molecule has 0 saturated carbocycles. The molecule has 0 heterocycles. The highest BCUT2D eigenvalue weighted by Gasteiger charge is 2.03. The number of terminal acetylenes is 1. The molecule has 0 atom stereocenters. The standard InChI is InChI=1S/C12H13NO2/c1-2-3-8-15-12(14)9-10-4-6-11(13)7-5-10/h1,4-7H,3,8-9,13H2. The predicted octanol–water partition coefficient (Wildman–Crippen LogP) is 1.38. The van der Waals surface area contributed by atoms with Crippen LogP contribution in [-0.4, -0.2) is 12.6 Å². The molecule has 3 nitrogen and oxygen atoms in total. The summed E-state index contributed by atoms with van der Waals surface area (Å²) < 4.78 is 4.90. The number of hydrogen-bond donors (Lipinski definition) is 1. The van der Waals surface area contributed by atoms with Gasteiger partial charge in [-0.2, -0.15) is 0 Å². The Morgan fingerprint density at radius 3 is 2.67 bits per heavy atom. The summed E-state index contributed by atoms with van der Waals surface area (Å²) in [6.07, 6.45) is 5.74. The fourth-order valence-corrected chi connectivity index (χ4v) is 1.08. The van der Waals surface area contributed by atoms with Crippen LogP contribution in [0.5, 0.6) is 0 Å². The third-order valence-electron chi connectivity index (χ3n) is 1.84. The molecule has 0 aromatic heterocycles. The maximum Gasteiger partial charge on any atom is 0.310 e. The molecule has 1 aromatic rings. The molecule has 1 rings (SSSR count). The zero-order chi connectivity index (χ0) is 11.1. The fourth-order valence-electron chi connectivity index (χ4n) is 1.08. The molecule has 0 aliphatic rings. The van der Waals surface area contributed by atoms with Gasteiger partial charge >= 0.3 is 5.97 Å². The molecular formula is C12H13NO2. The van der Waals surface area contributed by atoms with E-state index in [9.17, 15) is 4.79 Å².